The Morgan fingerprint density at radius 2 is 1.95 bits per heavy atom. The Kier molecular flexibility index (Phi) is 3.94. The number of amides is 1. The van der Waals surface area contributed by atoms with Crippen LogP contribution in [-0.4, -0.2) is 13.0 Å². The van der Waals surface area contributed by atoms with Gasteiger partial charge in [-0.25, -0.2) is 0 Å². The van der Waals surface area contributed by atoms with E-state index in [0.29, 0.717) is 22.7 Å². The van der Waals surface area contributed by atoms with Crippen LogP contribution in [0.1, 0.15) is 21.5 Å². The van der Waals surface area contributed by atoms with Gasteiger partial charge in [0, 0.05) is 11.3 Å². The van der Waals surface area contributed by atoms with Crippen LogP contribution in [0.15, 0.2) is 36.4 Å². The van der Waals surface area contributed by atoms with Crippen LogP contribution in [0.2, 0.25) is 0 Å². The van der Waals surface area contributed by atoms with Gasteiger partial charge < -0.3 is 15.8 Å². The molecule has 0 bridgehead atoms. The average Bonchev–Trinajstić information content (AvgIpc) is 2.42. The first-order valence-electron chi connectivity index (χ1n) is 6.34. The molecule has 20 heavy (non-hydrogen) atoms. The van der Waals surface area contributed by atoms with Crippen LogP contribution in [0.3, 0.4) is 0 Å². The summed E-state index contributed by atoms with van der Waals surface area (Å²) in [6.45, 7) is 3.91. The highest BCUT2D eigenvalue weighted by Gasteiger charge is 2.13. The molecule has 0 saturated carbocycles. The summed E-state index contributed by atoms with van der Waals surface area (Å²) < 4.78 is 5.22. The zero-order valence-corrected chi connectivity index (χ0v) is 11.9. The van der Waals surface area contributed by atoms with Crippen molar-refractivity contribution in [3.05, 3.63) is 53.1 Å². The lowest BCUT2D eigenvalue weighted by Gasteiger charge is -2.12. The van der Waals surface area contributed by atoms with E-state index in [1.54, 1.807) is 31.4 Å². The number of methoxy groups -OCH3 is 1. The third-order valence-electron chi connectivity index (χ3n) is 3.32. The molecular weight excluding hydrogens is 252 g/mol. The van der Waals surface area contributed by atoms with Gasteiger partial charge in [-0.1, -0.05) is 12.1 Å². The maximum absolute atomic E-state index is 12.4. The quantitative estimate of drug-likeness (QED) is 0.842. The summed E-state index contributed by atoms with van der Waals surface area (Å²) in [6, 6.07) is 10.8. The van der Waals surface area contributed by atoms with Gasteiger partial charge in [-0.2, -0.15) is 0 Å². The van der Waals surface area contributed by atoms with E-state index in [1.165, 1.54) is 0 Å². The first-order valence-corrected chi connectivity index (χ1v) is 6.34. The number of hydrogen-bond acceptors (Lipinski definition) is 3. The molecule has 4 nitrogen and oxygen atoms in total. The summed E-state index contributed by atoms with van der Waals surface area (Å²) in [4.78, 5) is 12.4. The molecule has 0 spiro atoms. The van der Waals surface area contributed by atoms with Crippen molar-refractivity contribution in [3.8, 4) is 5.75 Å². The Hall–Kier alpha value is -2.49. The lowest BCUT2D eigenvalue weighted by atomic mass is 10.0. The summed E-state index contributed by atoms with van der Waals surface area (Å²) in [7, 11) is 1.55. The molecule has 0 saturated heterocycles. The molecule has 2 aromatic rings. The summed E-state index contributed by atoms with van der Waals surface area (Å²) in [5.74, 6) is 0.410. The lowest BCUT2D eigenvalue weighted by Crippen LogP contribution is -2.14. The molecular formula is C16H18N2O2. The van der Waals surface area contributed by atoms with Crippen LogP contribution in [0.25, 0.3) is 0 Å². The fourth-order valence-corrected chi connectivity index (χ4v) is 2.01. The predicted molar refractivity (Wildman–Crippen MR) is 81.3 cm³/mol. The SMILES string of the molecule is COc1ccc(N)cc1NC(=O)c1cccc(C)c1C. The Labute approximate surface area is 118 Å². The van der Waals surface area contributed by atoms with Crippen molar-refractivity contribution in [2.24, 2.45) is 0 Å². The van der Waals surface area contributed by atoms with Gasteiger partial charge in [-0.15, -0.1) is 0 Å². The molecule has 0 unspecified atom stereocenters. The molecule has 2 rings (SSSR count). The van der Waals surface area contributed by atoms with Gasteiger partial charge in [-0.3, -0.25) is 4.79 Å². The first kappa shape index (κ1) is 13.9. The second kappa shape index (κ2) is 5.65. The molecule has 0 aliphatic carbocycles. The normalized spacial score (nSPS) is 10.2. The molecule has 0 aliphatic rings. The largest absolute Gasteiger partial charge is 0.495 e. The smallest absolute Gasteiger partial charge is 0.256 e. The topological polar surface area (TPSA) is 64.3 Å². The second-order valence-corrected chi connectivity index (χ2v) is 4.66. The van der Waals surface area contributed by atoms with Crippen LogP contribution in [0, 0.1) is 13.8 Å². The highest BCUT2D eigenvalue weighted by molar-refractivity contribution is 6.06. The summed E-state index contributed by atoms with van der Waals surface area (Å²) in [5.41, 5.74) is 9.58. The molecule has 0 heterocycles. The Morgan fingerprint density at radius 3 is 2.65 bits per heavy atom. The van der Waals surface area contributed by atoms with Gasteiger partial charge >= 0.3 is 0 Å². The van der Waals surface area contributed by atoms with Crippen molar-refractivity contribution in [3.63, 3.8) is 0 Å². The third kappa shape index (κ3) is 2.74. The van der Waals surface area contributed by atoms with Crippen LogP contribution in [0.4, 0.5) is 11.4 Å². The van der Waals surface area contributed by atoms with Gasteiger partial charge in [0.1, 0.15) is 5.75 Å². The lowest BCUT2D eigenvalue weighted by molar-refractivity contribution is 0.102. The van der Waals surface area contributed by atoms with Gasteiger partial charge in [0.2, 0.25) is 0 Å². The van der Waals surface area contributed by atoms with Crippen LogP contribution in [0.5, 0.6) is 5.75 Å². The van der Waals surface area contributed by atoms with Crippen molar-refractivity contribution < 1.29 is 9.53 Å². The van der Waals surface area contributed by atoms with Gasteiger partial charge in [0.15, 0.2) is 0 Å². The summed E-state index contributed by atoms with van der Waals surface area (Å²) in [5, 5.41) is 2.84. The fraction of sp³-hybridized carbons (Fsp3) is 0.188. The fourth-order valence-electron chi connectivity index (χ4n) is 2.01. The maximum Gasteiger partial charge on any atom is 0.256 e. The van der Waals surface area contributed by atoms with E-state index in [0.717, 1.165) is 11.1 Å². The molecule has 0 radical (unpaired) electrons. The highest BCUT2D eigenvalue weighted by Crippen LogP contribution is 2.27. The third-order valence-corrected chi connectivity index (χ3v) is 3.32. The molecule has 1 amide bonds. The average molecular weight is 270 g/mol. The number of carbonyl (C=O) groups is 1. The van der Waals surface area contributed by atoms with Crippen LogP contribution in [-0.2, 0) is 0 Å². The minimum absolute atomic E-state index is 0.171. The second-order valence-electron chi connectivity index (χ2n) is 4.66. The number of nitrogens with one attached hydrogen (secondary N) is 1. The van der Waals surface area contributed by atoms with Gasteiger partial charge in [-0.05, 0) is 49.2 Å². The van der Waals surface area contributed by atoms with Gasteiger partial charge in [0.25, 0.3) is 5.91 Å². The standard InChI is InChI=1S/C16H18N2O2/c1-10-5-4-6-13(11(10)2)16(19)18-14-9-12(17)7-8-15(14)20-3/h4-9H,17H2,1-3H3,(H,18,19). The molecule has 2 aromatic carbocycles. The number of carbonyl (C=O) groups excluding carboxylic acids is 1. The zero-order chi connectivity index (χ0) is 14.7. The number of rotatable bonds is 3. The van der Waals surface area contributed by atoms with Crippen molar-refractivity contribution in [1.29, 1.82) is 0 Å². The number of nitrogen functional groups attached to an aromatic ring is 1. The maximum atomic E-state index is 12.4. The molecule has 104 valence electrons. The number of aryl methyl sites for hydroxylation is 1. The molecule has 0 atom stereocenters. The van der Waals surface area contributed by atoms with E-state index in [1.807, 2.05) is 26.0 Å². The highest BCUT2D eigenvalue weighted by atomic mass is 16.5. The van der Waals surface area contributed by atoms with Crippen LogP contribution >= 0.6 is 0 Å². The van der Waals surface area contributed by atoms with E-state index in [-0.39, 0.29) is 5.91 Å². The van der Waals surface area contributed by atoms with E-state index < -0.39 is 0 Å². The van der Waals surface area contributed by atoms with E-state index in [4.69, 9.17) is 10.5 Å². The van der Waals surface area contributed by atoms with Crippen molar-refractivity contribution in [1.82, 2.24) is 0 Å². The molecule has 0 aromatic heterocycles. The summed E-state index contributed by atoms with van der Waals surface area (Å²) in [6.07, 6.45) is 0. The molecule has 0 fully saturated rings. The predicted octanol–water partition coefficient (Wildman–Crippen LogP) is 3.15. The monoisotopic (exact) mass is 270 g/mol. The molecule has 4 heteroatoms. The molecule has 3 N–H and O–H groups in total. The van der Waals surface area contributed by atoms with Gasteiger partial charge in [0.05, 0.1) is 12.8 Å². The number of anilines is 2. The van der Waals surface area contributed by atoms with Crippen molar-refractivity contribution in [2.75, 3.05) is 18.2 Å². The number of ether oxygens (including phenoxy) is 1. The minimum Gasteiger partial charge on any atom is -0.495 e. The van der Waals surface area contributed by atoms with Crippen molar-refractivity contribution in [2.45, 2.75) is 13.8 Å². The number of nitrogens with two attached hydrogens (primary N) is 1. The summed E-state index contributed by atoms with van der Waals surface area (Å²) >= 11 is 0. The number of hydrogen-bond donors (Lipinski definition) is 2. The Bertz CT molecular complexity index is 651. The van der Waals surface area contributed by atoms with Crippen molar-refractivity contribution >= 4 is 17.3 Å². The first-order chi connectivity index (χ1) is 9.52. The Morgan fingerprint density at radius 1 is 1.20 bits per heavy atom. The zero-order valence-electron chi connectivity index (χ0n) is 11.9. The molecule has 0 aliphatic heterocycles. The van der Waals surface area contributed by atoms with E-state index >= 15 is 0 Å². The van der Waals surface area contributed by atoms with E-state index in [9.17, 15) is 4.79 Å². The van der Waals surface area contributed by atoms with Crippen LogP contribution < -0.4 is 15.8 Å². The Balaban J connectivity index is 2.32. The minimum atomic E-state index is -0.171. The number of benzene rings is 2. The van der Waals surface area contributed by atoms with E-state index in [2.05, 4.69) is 5.32 Å².